The van der Waals surface area contributed by atoms with Crippen molar-refractivity contribution in [3.8, 4) is 0 Å². The Balaban J connectivity index is 1.29. The Morgan fingerprint density at radius 3 is 2.60 bits per heavy atom. The second kappa shape index (κ2) is 9.43. The molecule has 3 saturated heterocycles. The lowest BCUT2D eigenvalue weighted by Gasteiger charge is -2.44. The summed E-state index contributed by atoms with van der Waals surface area (Å²) in [6.45, 7) is 11.9. The molecule has 1 aromatic carbocycles. The number of aryl methyl sites for hydroxylation is 1. The van der Waals surface area contributed by atoms with Crippen LogP contribution in [-0.2, 0) is 14.3 Å². The molecule has 7 heteroatoms. The molecule has 3 fully saturated rings. The van der Waals surface area contributed by atoms with E-state index in [1.165, 1.54) is 11.1 Å². The summed E-state index contributed by atoms with van der Waals surface area (Å²) in [4.78, 5) is 19.8. The van der Waals surface area contributed by atoms with Crippen molar-refractivity contribution in [2.75, 3.05) is 38.2 Å². The zero-order valence-electron chi connectivity index (χ0n) is 21.5. The first-order valence-electron chi connectivity index (χ1n) is 13.0. The average Bonchev–Trinajstić information content (AvgIpc) is 3.17. The van der Waals surface area contributed by atoms with E-state index in [9.17, 15) is 9.90 Å². The van der Waals surface area contributed by atoms with Gasteiger partial charge in [0.15, 0.2) is 0 Å². The molecule has 0 saturated carbocycles. The first-order valence-corrected chi connectivity index (χ1v) is 13.0. The van der Waals surface area contributed by atoms with Crippen LogP contribution in [0.4, 0.5) is 5.82 Å². The highest BCUT2D eigenvalue weighted by Crippen LogP contribution is 2.37. The largest absolute Gasteiger partial charge is 0.389 e. The fourth-order valence-corrected chi connectivity index (χ4v) is 6.17. The number of ether oxygens (including phenoxy) is 2. The van der Waals surface area contributed by atoms with Gasteiger partial charge in [0.05, 0.1) is 30.5 Å². The van der Waals surface area contributed by atoms with Gasteiger partial charge in [0.1, 0.15) is 5.82 Å². The highest BCUT2D eigenvalue weighted by atomic mass is 16.5. The summed E-state index contributed by atoms with van der Waals surface area (Å²) in [6.07, 6.45) is 5.02. The number of nitrogens with one attached hydrogen (secondary N) is 1. The molecule has 35 heavy (non-hydrogen) atoms. The van der Waals surface area contributed by atoms with Gasteiger partial charge in [-0.2, -0.15) is 0 Å². The Kier molecular flexibility index (Phi) is 6.64. The van der Waals surface area contributed by atoms with Crippen molar-refractivity contribution < 1.29 is 19.4 Å². The lowest BCUT2D eigenvalue weighted by atomic mass is 9.83. The number of aliphatic hydroxyl groups excluding tert-OH is 1. The molecule has 0 bridgehead atoms. The number of benzene rings is 1. The Morgan fingerprint density at radius 1 is 1.14 bits per heavy atom. The van der Waals surface area contributed by atoms with Gasteiger partial charge in [-0.3, -0.25) is 9.69 Å². The molecule has 5 rings (SSSR count). The van der Waals surface area contributed by atoms with Crippen LogP contribution in [0.3, 0.4) is 0 Å². The van der Waals surface area contributed by atoms with Crippen LogP contribution >= 0.6 is 0 Å². The van der Waals surface area contributed by atoms with Gasteiger partial charge in [0.2, 0.25) is 5.91 Å². The molecule has 3 atom stereocenters. The van der Waals surface area contributed by atoms with E-state index in [2.05, 4.69) is 41.2 Å². The fraction of sp³-hybridized carbons (Fsp3) is 0.643. The third-order valence-electron chi connectivity index (χ3n) is 8.47. The number of nitrogens with zero attached hydrogens (tertiary/aromatic N) is 2. The summed E-state index contributed by atoms with van der Waals surface area (Å²) in [5.41, 5.74) is 2.12. The number of rotatable bonds is 4. The van der Waals surface area contributed by atoms with Crippen LogP contribution in [0.15, 0.2) is 24.4 Å². The summed E-state index contributed by atoms with van der Waals surface area (Å²) in [5, 5.41) is 15.7. The van der Waals surface area contributed by atoms with E-state index in [-0.39, 0.29) is 23.0 Å². The first-order chi connectivity index (χ1) is 16.6. The topological polar surface area (TPSA) is 83.9 Å². The third-order valence-corrected chi connectivity index (χ3v) is 8.47. The van der Waals surface area contributed by atoms with Gasteiger partial charge < -0.3 is 19.9 Å². The van der Waals surface area contributed by atoms with Crippen molar-refractivity contribution in [2.45, 2.75) is 76.5 Å². The second-order valence-corrected chi connectivity index (χ2v) is 11.6. The molecule has 0 aliphatic carbocycles. The van der Waals surface area contributed by atoms with E-state index in [0.717, 1.165) is 49.5 Å². The van der Waals surface area contributed by atoms with Crippen LogP contribution in [0, 0.1) is 12.8 Å². The summed E-state index contributed by atoms with van der Waals surface area (Å²) in [7, 11) is 0. The van der Waals surface area contributed by atoms with E-state index in [1.54, 1.807) is 0 Å². The zero-order chi connectivity index (χ0) is 24.8. The molecule has 0 unspecified atom stereocenters. The van der Waals surface area contributed by atoms with Gasteiger partial charge in [-0.25, -0.2) is 4.98 Å². The van der Waals surface area contributed by atoms with Crippen molar-refractivity contribution in [3.63, 3.8) is 0 Å². The molecule has 3 aliphatic rings. The number of likely N-dealkylation sites (tertiary alicyclic amines) is 1. The minimum absolute atomic E-state index is 0.0273. The molecule has 0 spiro atoms. The third kappa shape index (κ3) is 4.96. The number of carbonyl (C=O) groups is 1. The van der Waals surface area contributed by atoms with Gasteiger partial charge in [0.25, 0.3) is 0 Å². The molecule has 2 aromatic rings. The molecule has 1 amide bonds. The van der Waals surface area contributed by atoms with Crippen molar-refractivity contribution in [1.29, 1.82) is 0 Å². The van der Waals surface area contributed by atoms with Gasteiger partial charge in [-0.15, -0.1) is 0 Å². The number of hydrogen-bond acceptors (Lipinski definition) is 6. The minimum atomic E-state index is -0.421. The number of piperidine rings is 1. The number of aliphatic hydroxyl groups is 1. The maximum atomic E-state index is 12.9. The molecule has 2 N–H and O–H groups in total. The van der Waals surface area contributed by atoms with Gasteiger partial charge in [-0.1, -0.05) is 6.07 Å². The highest BCUT2D eigenvalue weighted by Gasteiger charge is 2.45. The van der Waals surface area contributed by atoms with Crippen LogP contribution in [0.2, 0.25) is 0 Å². The molecule has 4 heterocycles. The zero-order valence-corrected chi connectivity index (χ0v) is 21.5. The molecule has 1 aromatic heterocycles. The minimum Gasteiger partial charge on any atom is -0.389 e. The number of anilines is 1. The van der Waals surface area contributed by atoms with Crippen LogP contribution < -0.4 is 5.32 Å². The van der Waals surface area contributed by atoms with Crippen LogP contribution in [0.5, 0.6) is 0 Å². The lowest BCUT2D eigenvalue weighted by Crippen LogP contribution is -2.56. The summed E-state index contributed by atoms with van der Waals surface area (Å²) in [6, 6.07) is 6.50. The lowest BCUT2D eigenvalue weighted by molar-refractivity contribution is -0.130. The van der Waals surface area contributed by atoms with E-state index < -0.39 is 6.10 Å². The first kappa shape index (κ1) is 24.6. The summed E-state index contributed by atoms with van der Waals surface area (Å²) < 4.78 is 11.3. The number of pyridine rings is 1. The Hall–Kier alpha value is -2.06. The monoisotopic (exact) mass is 481 g/mol. The molecule has 3 aliphatic heterocycles. The van der Waals surface area contributed by atoms with E-state index >= 15 is 0 Å². The van der Waals surface area contributed by atoms with Crippen LogP contribution in [0.25, 0.3) is 10.8 Å². The quantitative estimate of drug-likeness (QED) is 0.686. The van der Waals surface area contributed by atoms with Crippen LogP contribution in [-0.4, -0.2) is 71.1 Å². The number of carbonyl (C=O) groups excluding carboxylic acids is 1. The highest BCUT2D eigenvalue weighted by molar-refractivity contribution is 5.94. The van der Waals surface area contributed by atoms with Crippen molar-refractivity contribution in [2.24, 2.45) is 5.92 Å². The maximum Gasteiger partial charge on any atom is 0.228 e. The Bertz CT molecular complexity index is 1100. The van der Waals surface area contributed by atoms with E-state index in [4.69, 9.17) is 9.47 Å². The smallest absolute Gasteiger partial charge is 0.228 e. The molecule has 7 nitrogen and oxygen atoms in total. The summed E-state index contributed by atoms with van der Waals surface area (Å²) >= 11 is 0. The predicted octanol–water partition coefficient (Wildman–Crippen LogP) is 4.02. The maximum absolute atomic E-state index is 12.9. The van der Waals surface area contributed by atoms with Gasteiger partial charge in [-0.05, 0) is 101 Å². The van der Waals surface area contributed by atoms with Crippen LogP contribution in [0.1, 0.15) is 63.5 Å². The number of hydrogen-bond donors (Lipinski definition) is 2. The number of fused-ring (bicyclic) bond motifs is 1. The number of amides is 1. The molecular formula is C28H39N3O4. The molecular weight excluding hydrogens is 442 g/mol. The Morgan fingerprint density at radius 2 is 1.91 bits per heavy atom. The normalized spacial score (nSPS) is 30.0. The standard InChI is InChI=1S/C28H39N3O4/c1-18-11-22-15-29-25(30-26(33)20-7-10-35-27(2,3)14-20)13-21(22)12-23(18)19-5-8-31(9-6-19)28(4)17-34-16-24(28)32/h11-13,15,19-20,24,32H,5-10,14,16-17H2,1-4H3,(H,29,30,33)/t20-,24+,28-/m0/s1. The predicted molar refractivity (Wildman–Crippen MR) is 137 cm³/mol. The number of aromatic nitrogens is 1. The average molecular weight is 482 g/mol. The van der Waals surface area contributed by atoms with E-state index in [1.807, 2.05) is 26.1 Å². The van der Waals surface area contributed by atoms with Gasteiger partial charge in [0, 0.05) is 24.1 Å². The second-order valence-electron chi connectivity index (χ2n) is 11.6. The molecule has 0 radical (unpaired) electrons. The van der Waals surface area contributed by atoms with Crippen molar-refractivity contribution >= 4 is 22.5 Å². The van der Waals surface area contributed by atoms with Crippen molar-refractivity contribution in [1.82, 2.24) is 9.88 Å². The Labute approximate surface area is 208 Å². The van der Waals surface area contributed by atoms with Gasteiger partial charge >= 0.3 is 0 Å². The van der Waals surface area contributed by atoms with E-state index in [0.29, 0.717) is 31.6 Å². The molecule has 190 valence electrons. The summed E-state index contributed by atoms with van der Waals surface area (Å²) in [5.74, 6) is 1.06. The van der Waals surface area contributed by atoms with Crippen molar-refractivity contribution in [3.05, 3.63) is 35.5 Å². The SMILES string of the molecule is Cc1cc2cnc(NC(=O)[C@H]3CCOC(C)(C)C3)cc2cc1C1CCN([C@@]2(C)COC[C@H]2O)CC1. The fourth-order valence-electron chi connectivity index (χ4n) is 6.17.